The van der Waals surface area contributed by atoms with Crippen LogP contribution in [0.1, 0.15) is 48.4 Å². The lowest BCUT2D eigenvalue weighted by atomic mass is 10.2. The van der Waals surface area contributed by atoms with Crippen LogP contribution in [0.4, 0.5) is 0 Å². The van der Waals surface area contributed by atoms with Crippen molar-refractivity contribution >= 4 is 23.8 Å². The van der Waals surface area contributed by atoms with Gasteiger partial charge in [-0.25, -0.2) is 9.59 Å². The minimum atomic E-state index is -0.776. The highest BCUT2D eigenvalue weighted by Crippen LogP contribution is 2.07. The van der Waals surface area contributed by atoms with Crippen molar-refractivity contribution in [3.8, 4) is 0 Å². The third-order valence-corrected chi connectivity index (χ3v) is 4.10. The second-order valence-electron chi connectivity index (χ2n) is 5.75. The largest absolute Gasteiger partial charge is 0.452 e. The van der Waals surface area contributed by atoms with Gasteiger partial charge >= 0.3 is 11.9 Å². The minimum Gasteiger partial charge on any atom is -0.452 e. The molecule has 0 aliphatic rings. The molecule has 0 aliphatic carbocycles. The van der Waals surface area contributed by atoms with Crippen molar-refractivity contribution in [2.75, 3.05) is 39.4 Å². The van der Waals surface area contributed by atoms with E-state index in [0.717, 1.165) is 0 Å². The van der Waals surface area contributed by atoms with Crippen molar-refractivity contribution in [3.63, 3.8) is 0 Å². The second kappa shape index (κ2) is 11.7. The van der Waals surface area contributed by atoms with Gasteiger partial charge in [0.25, 0.3) is 11.8 Å². The lowest BCUT2D eigenvalue weighted by Crippen LogP contribution is -2.34. The van der Waals surface area contributed by atoms with Gasteiger partial charge in [0.2, 0.25) is 0 Å². The highest BCUT2D eigenvalue weighted by molar-refractivity contribution is 5.96. The molecule has 0 N–H and O–H groups in total. The van der Waals surface area contributed by atoms with Crippen LogP contribution in [0.3, 0.4) is 0 Å². The van der Waals surface area contributed by atoms with Crippen LogP contribution in [0.5, 0.6) is 0 Å². The Balaban J connectivity index is 2.67. The van der Waals surface area contributed by atoms with E-state index in [9.17, 15) is 19.2 Å². The van der Waals surface area contributed by atoms with Crippen LogP contribution in [-0.4, -0.2) is 77.9 Å². The lowest BCUT2D eigenvalue weighted by Gasteiger charge is -2.18. The summed E-state index contributed by atoms with van der Waals surface area (Å²) in [6, 6.07) is 1.25. The van der Waals surface area contributed by atoms with Gasteiger partial charge in [0.05, 0.1) is 11.1 Å². The maximum atomic E-state index is 12.1. The molecule has 2 amide bonds. The van der Waals surface area contributed by atoms with Crippen molar-refractivity contribution in [2.24, 2.45) is 0 Å². The zero-order valence-corrected chi connectivity index (χ0v) is 16.8. The van der Waals surface area contributed by atoms with Crippen molar-refractivity contribution in [1.82, 2.24) is 14.8 Å². The number of carbonyl (C=O) groups excluding carboxylic acids is 4. The van der Waals surface area contributed by atoms with E-state index in [1.54, 1.807) is 0 Å². The smallest absolute Gasteiger partial charge is 0.340 e. The molecule has 0 spiro atoms. The minimum absolute atomic E-state index is 0.0110. The molecule has 154 valence electrons. The predicted octanol–water partition coefficient (Wildman–Crippen LogP) is 1.13. The average molecular weight is 393 g/mol. The maximum absolute atomic E-state index is 12.1. The molecule has 28 heavy (non-hydrogen) atoms. The number of pyridine rings is 1. The molecule has 0 aliphatic heterocycles. The van der Waals surface area contributed by atoms with Crippen molar-refractivity contribution in [1.29, 1.82) is 0 Å². The number of aromatic nitrogens is 1. The van der Waals surface area contributed by atoms with Crippen LogP contribution in [0.2, 0.25) is 0 Å². The monoisotopic (exact) mass is 393 g/mol. The topological polar surface area (TPSA) is 106 Å². The van der Waals surface area contributed by atoms with E-state index in [4.69, 9.17) is 9.47 Å². The molecule has 0 radical (unpaired) electrons. The standard InChI is InChI=1S/C19H27N3O6/c1-5-21(6-2)16(23)12-27-18(25)14-9-15(11-20-10-14)19(26)28-13-17(24)22(7-3)8-4/h9-11H,5-8,12-13H2,1-4H3. The molecule has 1 heterocycles. The fourth-order valence-corrected chi connectivity index (χ4v) is 2.42. The summed E-state index contributed by atoms with van der Waals surface area (Å²) >= 11 is 0. The molecule has 1 rings (SSSR count). The molecule has 1 aromatic rings. The molecule has 9 nitrogen and oxygen atoms in total. The van der Waals surface area contributed by atoms with Crippen molar-refractivity contribution < 1.29 is 28.7 Å². The average Bonchev–Trinajstić information content (AvgIpc) is 2.72. The van der Waals surface area contributed by atoms with Crippen LogP contribution < -0.4 is 0 Å². The molecular formula is C19H27N3O6. The summed E-state index contributed by atoms with van der Waals surface area (Å²) < 4.78 is 9.97. The summed E-state index contributed by atoms with van der Waals surface area (Å²) in [5.74, 6) is -2.17. The quantitative estimate of drug-likeness (QED) is 0.549. The van der Waals surface area contributed by atoms with Crippen molar-refractivity contribution in [2.45, 2.75) is 27.7 Å². The highest BCUT2D eigenvalue weighted by atomic mass is 16.5. The fraction of sp³-hybridized carbons (Fsp3) is 0.526. The van der Waals surface area contributed by atoms with Crippen LogP contribution in [0.15, 0.2) is 18.5 Å². The van der Waals surface area contributed by atoms with E-state index in [1.807, 2.05) is 27.7 Å². The first-order valence-corrected chi connectivity index (χ1v) is 9.22. The summed E-state index contributed by atoms with van der Waals surface area (Å²) in [7, 11) is 0. The summed E-state index contributed by atoms with van der Waals surface area (Å²) in [5.41, 5.74) is 0.0220. The third-order valence-electron chi connectivity index (χ3n) is 4.10. The first kappa shape index (κ1) is 23.1. The molecule has 0 bridgehead atoms. The molecule has 0 atom stereocenters. The van der Waals surface area contributed by atoms with E-state index in [-0.39, 0.29) is 22.9 Å². The Morgan fingerprint density at radius 3 is 1.43 bits per heavy atom. The van der Waals surface area contributed by atoms with Crippen LogP contribution >= 0.6 is 0 Å². The third kappa shape index (κ3) is 6.64. The normalized spacial score (nSPS) is 10.1. The summed E-state index contributed by atoms with van der Waals surface area (Å²) in [5, 5.41) is 0. The molecule has 0 unspecified atom stereocenters. The number of carbonyl (C=O) groups is 4. The second-order valence-corrected chi connectivity index (χ2v) is 5.75. The molecular weight excluding hydrogens is 366 g/mol. The Kier molecular flexibility index (Phi) is 9.63. The highest BCUT2D eigenvalue weighted by Gasteiger charge is 2.18. The van der Waals surface area contributed by atoms with Crippen LogP contribution in [-0.2, 0) is 19.1 Å². The first-order chi connectivity index (χ1) is 13.4. The molecule has 1 aromatic heterocycles. The lowest BCUT2D eigenvalue weighted by molar-refractivity contribution is -0.134. The summed E-state index contributed by atoms with van der Waals surface area (Å²) in [6.07, 6.45) is 2.45. The maximum Gasteiger partial charge on any atom is 0.340 e. The van der Waals surface area contributed by atoms with Gasteiger partial charge in [-0.15, -0.1) is 0 Å². The van der Waals surface area contributed by atoms with Crippen LogP contribution in [0, 0.1) is 0 Å². The van der Waals surface area contributed by atoms with Crippen LogP contribution in [0.25, 0.3) is 0 Å². The predicted molar refractivity (Wildman–Crippen MR) is 101 cm³/mol. The van der Waals surface area contributed by atoms with Gasteiger partial charge in [-0.2, -0.15) is 0 Å². The van der Waals surface area contributed by atoms with E-state index >= 15 is 0 Å². The molecule has 0 aromatic carbocycles. The Hall–Kier alpha value is -2.97. The number of hydrogen-bond acceptors (Lipinski definition) is 7. The Bertz CT molecular complexity index is 643. The van der Waals surface area contributed by atoms with Gasteiger partial charge in [0.15, 0.2) is 13.2 Å². The SMILES string of the molecule is CCN(CC)C(=O)COC(=O)c1cncc(C(=O)OCC(=O)N(CC)CC)c1. The zero-order chi connectivity index (χ0) is 21.1. The van der Waals surface area contributed by atoms with E-state index in [2.05, 4.69) is 4.98 Å². The number of ether oxygens (including phenoxy) is 2. The van der Waals surface area contributed by atoms with Gasteiger partial charge in [-0.3, -0.25) is 14.6 Å². The molecule has 0 fully saturated rings. The van der Waals surface area contributed by atoms with Gasteiger partial charge in [0.1, 0.15) is 0 Å². The Labute approximate surface area is 164 Å². The number of hydrogen-bond donors (Lipinski definition) is 0. The Morgan fingerprint density at radius 1 is 0.750 bits per heavy atom. The number of amides is 2. The van der Waals surface area contributed by atoms with Crippen molar-refractivity contribution in [3.05, 3.63) is 29.6 Å². The molecule has 0 saturated carbocycles. The van der Waals surface area contributed by atoms with Gasteiger partial charge in [0, 0.05) is 38.6 Å². The fourth-order valence-electron chi connectivity index (χ4n) is 2.42. The zero-order valence-electron chi connectivity index (χ0n) is 16.8. The number of nitrogens with zero attached hydrogens (tertiary/aromatic N) is 3. The summed E-state index contributed by atoms with van der Waals surface area (Å²) in [4.78, 5) is 54.9. The number of rotatable bonds is 10. The molecule has 9 heteroatoms. The van der Waals surface area contributed by atoms with E-state index < -0.39 is 25.2 Å². The first-order valence-electron chi connectivity index (χ1n) is 9.22. The number of esters is 2. The van der Waals surface area contributed by atoms with Gasteiger partial charge in [-0.05, 0) is 33.8 Å². The van der Waals surface area contributed by atoms with E-state index in [1.165, 1.54) is 28.3 Å². The van der Waals surface area contributed by atoms with E-state index in [0.29, 0.717) is 26.2 Å². The number of likely N-dealkylation sites (N-methyl/N-ethyl adjacent to an activating group) is 2. The Morgan fingerprint density at radius 2 is 1.11 bits per heavy atom. The molecule has 0 saturated heterocycles. The summed E-state index contributed by atoms with van der Waals surface area (Å²) in [6.45, 7) is 8.58. The van der Waals surface area contributed by atoms with Gasteiger partial charge < -0.3 is 19.3 Å². The van der Waals surface area contributed by atoms with Gasteiger partial charge in [-0.1, -0.05) is 0 Å².